The molecule has 1 aliphatic rings. The zero-order valence-corrected chi connectivity index (χ0v) is 29.3. The summed E-state index contributed by atoms with van der Waals surface area (Å²) >= 11 is 0. The van der Waals surface area contributed by atoms with Crippen LogP contribution in [0.4, 0.5) is 17.2 Å². The van der Waals surface area contributed by atoms with E-state index in [1.165, 1.54) is 76.5 Å². The number of pyridine rings is 1. The molecule has 0 bridgehead atoms. The van der Waals surface area contributed by atoms with Crippen molar-refractivity contribution in [1.29, 1.82) is 0 Å². The molecule has 0 fully saturated rings. The third-order valence-corrected chi connectivity index (χ3v) is 10.7. The molecule has 0 unspecified atom stereocenters. The molecule has 0 radical (unpaired) electrons. The van der Waals surface area contributed by atoms with Gasteiger partial charge in [-0.25, -0.2) is 4.98 Å². The molecule has 0 atom stereocenters. The lowest BCUT2D eigenvalue weighted by Gasteiger charge is -2.27. The van der Waals surface area contributed by atoms with Gasteiger partial charge in [-0.15, -0.1) is 0 Å². The van der Waals surface area contributed by atoms with Crippen LogP contribution in [0, 0.1) is 0 Å². The van der Waals surface area contributed by atoms with Gasteiger partial charge in [-0.2, -0.15) is 0 Å². The minimum atomic E-state index is 0.880. The average Bonchev–Trinajstić information content (AvgIpc) is 3.24. The van der Waals surface area contributed by atoms with Crippen molar-refractivity contribution in [3.05, 3.63) is 200 Å². The van der Waals surface area contributed by atoms with Crippen molar-refractivity contribution >= 4 is 65.9 Å². The molecule has 9 aromatic rings. The minimum absolute atomic E-state index is 0.880. The van der Waals surface area contributed by atoms with E-state index in [1.54, 1.807) is 0 Å². The number of hydrogen-bond donors (Lipinski definition) is 0. The fourth-order valence-corrected chi connectivity index (χ4v) is 8.40. The first-order valence-corrected chi connectivity index (χ1v) is 18.4. The predicted octanol–water partition coefficient (Wildman–Crippen LogP) is 14.2. The SMILES string of the molecule is C1=CCCC(c2c(-c3ccccc3)cc(-c3ccccc3)c3c4ccccc4c4cc(N(c5ccccn5)c5cccc6ccccc56)ccc4c23)=C1. The molecule has 2 nitrogen and oxygen atoms in total. The first kappa shape index (κ1) is 31.0. The first-order valence-electron chi connectivity index (χ1n) is 18.4. The van der Waals surface area contributed by atoms with E-state index in [0.717, 1.165) is 30.0 Å². The van der Waals surface area contributed by atoms with E-state index in [1.807, 2.05) is 12.3 Å². The fourth-order valence-electron chi connectivity index (χ4n) is 8.40. The smallest absolute Gasteiger partial charge is 0.137 e. The number of fused-ring (bicyclic) bond motifs is 7. The van der Waals surface area contributed by atoms with Crippen LogP contribution >= 0.6 is 0 Å². The van der Waals surface area contributed by atoms with Gasteiger partial charge in [-0.05, 0) is 120 Å². The quantitative estimate of drug-likeness (QED) is 0.163. The second-order valence-corrected chi connectivity index (χ2v) is 13.8. The number of nitrogens with zero attached hydrogens (tertiary/aromatic N) is 2. The Bertz CT molecular complexity index is 2870. The topological polar surface area (TPSA) is 16.1 Å². The Morgan fingerprint density at radius 2 is 1.17 bits per heavy atom. The molecular weight excluding hydrogens is 641 g/mol. The van der Waals surface area contributed by atoms with Crippen LogP contribution in [-0.2, 0) is 0 Å². The predicted molar refractivity (Wildman–Crippen MR) is 226 cm³/mol. The van der Waals surface area contributed by atoms with Crippen LogP contribution in [0.5, 0.6) is 0 Å². The molecule has 0 N–H and O–H groups in total. The monoisotopic (exact) mass is 676 g/mol. The van der Waals surface area contributed by atoms with E-state index in [0.29, 0.717) is 0 Å². The molecule has 1 aliphatic carbocycles. The molecule has 250 valence electrons. The molecule has 0 saturated carbocycles. The van der Waals surface area contributed by atoms with Crippen LogP contribution in [-0.4, -0.2) is 4.98 Å². The van der Waals surface area contributed by atoms with Crippen LogP contribution in [0.1, 0.15) is 18.4 Å². The minimum Gasteiger partial charge on any atom is -0.294 e. The molecule has 1 aromatic heterocycles. The Morgan fingerprint density at radius 1 is 0.491 bits per heavy atom. The maximum Gasteiger partial charge on any atom is 0.137 e. The number of aromatic nitrogens is 1. The lowest BCUT2D eigenvalue weighted by Crippen LogP contribution is -2.12. The summed E-state index contributed by atoms with van der Waals surface area (Å²) in [6.45, 7) is 0. The Balaban J connectivity index is 1.37. The Labute approximate surface area is 309 Å². The lowest BCUT2D eigenvalue weighted by molar-refractivity contribution is 1.06. The zero-order valence-electron chi connectivity index (χ0n) is 29.3. The van der Waals surface area contributed by atoms with E-state index in [2.05, 4.69) is 187 Å². The highest BCUT2D eigenvalue weighted by Crippen LogP contribution is 2.49. The summed E-state index contributed by atoms with van der Waals surface area (Å²) in [6.07, 6.45) is 10.8. The molecule has 0 aliphatic heterocycles. The second-order valence-electron chi connectivity index (χ2n) is 13.8. The van der Waals surface area contributed by atoms with Crippen LogP contribution in [0.3, 0.4) is 0 Å². The third kappa shape index (κ3) is 5.30. The molecule has 0 saturated heterocycles. The van der Waals surface area contributed by atoms with Crippen molar-refractivity contribution in [2.45, 2.75) is 12.8 Å². The van der Waals surface area contributed by atoms with Gasteiger partial charge in [-0.3, -0.25) is 4.90 Å². The summed E-state index contributed by atoms with van der Waals surface area (Å²) in [5.74, 6) is 0.880. The first-order chi connectivity index (χ1) is 26.3. The highest BCUT2D eigenvalue weighted by Gasteiger charge is 2.24. The van der Waals surface area contributed by atoms with Crippen LogP contribution < -0.4 is 4.90 Å². The number of allylic oxidation sites excluding steroid dienone is 4. The number of anilines is 3. The van der Waals surface area contributed by atoms with Gasteiger partial charge in [0.2, 0.25) is 0 Å². The van der Waals surface area contributed by atoms with Gasteiger partial charge >= 0.3 is 0 Å². The summed E-state index contributed by atoms with van der Waals surface area (Å²) in [4.78, 5) is 7.22. The number of hydrogen-bond acceptors (Lipinski definition) is 2. The van der Waals surface area contributed by atoms with Crippen molar-refractivity contribution in [1.82, 2.24) is 4.98 Å². The van der Waals surface area contributed by atoms with Gasteiger partial charge in [0.15, 0.2) is 0 Å². The van der Waals surface area contributed by atoms with Crippen molar-refractivity contribution in [2.24, 2.45) is 0 Å². The van der Waals surface area contributed by atoms with E-state index < -0.39 is 0 Å². The van der Waals surface area contributed by atoms with Gasteiger partial charge in [0.1, 0.15) is 5.82 Å². The summed E-state index contributed by atoms with van der Waals surface area (Å²) in [6, 6.07) is 61.7. The second kappa shape index (κ2) is 13.1. The molecule has 0 amide bonds. The molecule has 8 aromatic carbocycles. The molecule has 10 rings (SSSR count). The normalized spacial score (nSPS) is 12.8. The highest BCUT2D eigenvalue weighted by molar-refractivity contribution is 6.32. The van der Waals surface area contributed by atoms with Crippen LogP contribution in [0.15, 0.2) is 194 Å². The van der Waals surface area contributed by atoms with E-state index in [4.69, 9.17) is 4.98 Å². The van der Waals surface area contributed by atoms with Gasteiger partial charge in [0, 0.05) is 17.3 Å². The van der Waals surface area contributed by atoms with Crippen molar-refractivity contribution < 1.29 is 0 Å². The largest absolute Gasteiger partial charge is 0.294 e. The highest BCUT2D eigenvalue weighted by atomic mass is 15.2. The Kier molecular flexibility index (Phi) is 7.66. The van der Waals surface area contributed by atoms with Gasteiger partial charge in [0.05, 0.1) is 5.69 Å². The van der Waals surface area contributed by atoms with Crippen LogP contribution in [0.2, 0.25) is 0 Å². The summed E-state index contributed by atoms with van der Waals surface area (Å²) < 4.78 is 0. The van der Waals surface area contributed by atoms with E-state index in [-0.39, 0.29) is 0 Å². The maximum absolute atomic E-state index is 4.91. The summed E-state index contributed by atoms with van der Waals surface area (Å²) in [5, 5.41) is 9.96. The maximum atomic E-state index is 4.91. The molecule has 0 spiro atoms. The number of rotatable bonds is 6. The Morgan fingerprint density at radius 3 is 1.92 bits per heavy atom. The Hall–Kier alpha value is -6.77. The van der Waals surface area contributed by atoms with Crippen molar-refractivity contribution in [3.63, 3.8) is 0 Å². The summed E-state index contributed by atoms with van der Waals surface area (Å²) in [7, 11) is 0. The molecule has 2 heteroatoms. The molecule has 1 heterocycles. The average molecular weight is 677 g/mol. The van der Waals surface area contributed by atoms with E-state index in [9.17, 15) is 0 Å². The van der Waals surface area contributed by atoms with Gasteiger partial charge in [0.25, 0.3) is 0 Å². The fraction of sp³-hybridized carbons (Fsp3) is 0.0392. The lowest BCUT2D eigenvalue weighted by atomic mass is 9.80. The summed E-state index contributed by atoms with van der Waals surface area (Å²) in [5.41, 5.74) is 9.85. The van der Waals surface area contributed by atoms with Crippen LogP contribution in [0.25, 0.3) is 70.9 Å². The van der Waals surface area contributed by atoms with Gasteiger partial charge in [-0.1, -0.05) is 152 Å². The van der Waals surface area contributed by atoms with E-state index >= 15 is 0 Å². The number of benzene rings is 8. The molecule has 53 heavy (non-hydrogen) atoms. The van der Waals surface area contributed by atoms with Crippen molar-refractivity contribution in [2.75, 3.05) is 4.90 Å². The van der Waals surface area contributed by atoms with Gasteiger partial charge < -0.3 is 0 Å². The molecular formula is C51H36N2. The standard InChI is InChI=1S/C51H36N2/c1-4-17-36(18-5-1)44-34-45(37-19-6-2-7-20-37)50-42-27-13-12-26-41(42)46-33-39(30-31-43(46)51(50)49(44)38-22-8-3-9-23-38)53(48-29-14-15-32-52-48)47-28-16-24-35-21-10-11-25-40(35)47/h1-8,10-22,24-34H,9,23H2. The third-order valence-electron chi connectivity index (χ3n) is 10.7. The zero-order chi connectivity index (χ0) is 35.1. The van der Waals surface area contributed by atoms with Crippen molar-refractivity contribution in [3.8, 4) is 22.3 Å².